The molecule has 0 bridgehead atoms. The molecule has 2 N–H and O–H groups in total. The summed E-state index contributed by atoms with van der Waals surface area (Å²) in [6.45, 7) is 7.80. The van der Waals surface area contributed by atoms with Gasteiger partial charge in [-0.3, -0.25) is 4.21 Å². The van der Waals surface area contributed by atoms with Crippen molar-refractivity contribution >= 4 is 10.8 Å². The lowest BCUT2D eigenvalue weighted by Crippen LogP contribution is -2.38. The fourth-order valence-electron chi connectivity index (χ4n) is 1.67. The maximum absolute atomic E-state index is 11.9. The summed E-state index contributed by atoms with van der Waals surface area (Å²) < 4.78 is 17.2. The number of nitrogens with two attached hydrogens (primary N) is 1. The first-order valence-corrected chi connectivity index (χ1v) is 7.11. The van der Waals surface area contributed by atoms with Gasteiger partial charge in [0.15, 0.2) is 0 Å². The van der Waals surface area contributed by atoms with E-state index in [1.807, 2.05) is 6.92 Å². The first-order chi connectivity index (χ1) is 7.02. The van der Waals surface area contributed by atoms with E-state index in [1.165, 1.54) is 0 Å². The number of hydrogen-bond donors (Lipinski definition) is 1. The maximum Gasteiger partial charge on any atom is 0.0510 e. The molecule has 90 valence electrons. The molecule has 1 fully saturated rings. The summed E-state index contributed by atoms with van der Waals surface area (Å²) in [5.74, 6) is 1.49. The molecule has 4 unspecified atom stereocenters. The van der Waals surface area contributed by atoms with Crippen LogP contribution < -0.4 is 5.73 Å². The van der Waals surface area contributed by atoms with Gasteiger partial charge < -0.3 is 10.5 Å². The summed E-state index contributed by atoms with van der Waals surface area (Å²) in [5.41, 5.74) is 6.04. The van der Waals surface area contributed by atoms with E-state index in [1.54, 1.807) is 0 Å². The molecule has 4 heteroatoms. The first-order valence-electron chi connectivity index (χ1n) is 5.73. The molecule has 0 saturated carbocycles. The van der Waals surface area contributed by atoms with Crippen LogP contribution in [0, 0.1) is 11.8 Å². The fourth-order valence-corrected chi connectivity index (χ4v) is 3.23. The van der Waals surface area contributed by atoms with E-state index >= 15 is 0 Å². The van der Waals surface area contributed by atoms with E-state index in [4.69, 9.17) is 10.5 Å². The molecular formula is C11H23NO2S. The van der Waals surface area contributed by atoms with Crippen LogP contribution in [0.25, 0.3) is 0 Å². The molecule has 1 aliphatic rings. The van der Waals surface area contributed by atoms with Gasteiger partial charge in [0, 0.05) is 40.4 Å². The molecule has 0 radical (unpaired) electrons. The Hall–Kier alpha value is 0.0700. The predicted octanol–water partition coefficient (Wildman–Crippen LogP) is 1.14. The minimum Gasteiger partial charge on any atom is -0.381 e. The number of hydrogen-bond acceptors (Lipinski definition) is 3. The highest BCUT2D eigenvalue weighted by Gasteiger charge is 2.26. The van der Waals surface area contributed by atoms with Gasteiger partial charge >= 0.3 is 0 Å². The van der Waals surface area contributed by atoms with Crippen molar-refractivity contribution in [2.24, 2.45) is 17.6 Å². The summed E-state index contributed by atoms with van der Waals surface area (Å²) in [7, 11) is -0.802. The van der Waals surface area contributed by atoms with Gasteiger partial charge in [0.1, 0.15) is 0 Å². The van der Waals surface area contributed by atoms with Crippen molar-refractivity contribution in [1.82, 2.24) is 0 Å². The largest absolute Gasteiger partial charge is 0.381 e. The second kappa shape index (κ2) is 5.97. The monoisotopic (exact) mass is 233 g/mol. The molecule has 1 rings (SSSR count). The highest BCUT2D eigenvalue weighted by Crippen LogP contribution is 2.18. The minimum atomic E-state index is -0.802. The average molecular weight is 233 g/mol. The first kappa shape index (κ1) is 13.1. The standard InChI is InChI=1S/C11H23NO2S/c1-8(2)9(3)15(13)7-11(12)10-4-5-14-6-10/h8-11H,4-7,12H2,1-3H3. The normalized spacial score (nSPS) is 27.9. The highest BCUT2D eigenvalue weighted by molar-refractivity contribution is 7.85. The Kier molecular flexibility index (Phi) is 5.23. The topological polar surface area (TPSA) is 52.3 Å². The Balaban J connectivity index is 2.36. The van der Waals surface area contributed by atoms with Gasteiger partial charge in [0.25, 0.3) is 0 Å². The SMILES string of the molecule is CC(C)C(C)S(=O)CC(N)C1CCOC1. The summed E-state index contributed by atoms with van der Waals surface area (Å²) >= 11 is 0. The minimum absolute atomic E-state index is 0.0366. The lowest BCUT2D eigenvalue weighted by molar-refractivity contribution is 0.182. The van der Waals surface area contributed by atoms with Crippen molar-refractivity contribution in [3.8, 4) is 0 Å². The van der Waals surface area contributed by atoms with E-state index in [0.29, 0.717) is 17.6 Å². The molecule has 1 heterocycles. The maximum atomic E-state index is 11.9. The Labute approximate surface area is 95.2 Å². The Morgan fingerprint density at radius 1 is 1.47 bits per heavy atom. The van der Waals surface area contributed by atoms with Crippen LogP contribution in [0.15, 0.2) is 0 Å². The van der Waals surface area contributed by atoms with Crippen molar-refractivity contribution in [1.29, 1.82) is 0 Å². The van der Waals surface area contributed by atoms with Crippen molar-refractivity contribution in [3.63, 3.8) is 0 Å². The fraction of sp³-hybridized carbons (Fsp3) is 1.00. The van der Waals surface area contributed by atoms with E-state index < -0.39 is 10.8 Å². The molecule has 0 aromatic rings. The summed E-state index contributed by atoms with van der Waals surface area (Å²) in [4.78, 5) is 0. The Bertz CT molecular complexity index is 215. The molecule has 0 aromatic heterocycles. The predicted molar refractivity (Wildman–Crippen MR) is 64.2 cm³/mol. The lowest BCUT2D eigenvalue weighted by Gasteiger charge is -2.21. The molecule has 1 saturated heterocycles. The molecular weight excluding hydrogens is 210 g/mol. The van der Waals surface area contributed by atoms with Crippen LogP contribution in [0.1, 0.15) is 27.2 Å². The van der Waals surface area contributed by atoms with Gasteiger partial charge in [0.05, 0.1) is 6.61 Å². The third-order valence-electron chi connectivity index (χ3n) is 3.28. The third-order valence-corrected chi connectivity index (χ3v) is 5.37. The van der Waals surface area contributed by atoms with Crippen LogP contribution in [-0.4, -0.2) is 34.5 Å². The molecule has 0 spiro atoms. The highest BCUT2D eigenvalue weighted by atomic mass is 32.2. The van der Waals surface area contributed by atoms with Gasteiger partial charge in [-0.1, -0.05) is 20.8 Å². The van der Waals surface area contributed by atoms with E-state index in [-0.39, 0.29) is 11.3 Å². The Morgan fingerprint density at radius 2 is 2.13 bits per heavy atom. The van der Waals surface area contributed by atoms with Crippen LogP contribution in [0.2, 0.25) is 0 Å². The lowest BCUT2D eigenvalue weighted by atomic mass is 10.0. The smallest absolute Gasteiger partial charge is 0.0510 e. The van der Waals surface area contributed by atoms with Crippen molar-refractivity contribution < 1.29 is 8.95 Å². The Morgan fingerprint density at radius 3 is 2.60 bits per heavy atom. The van der Waals surface area contributed by atoms with E-state index in [9.17, 15) is 4.21 Å². The van der Waals surface area contributed by atoms with Gasteiger partial charge in [0.2, 0.25) is 0 Å². The zero-order chi connectivity index (χ0) is 11.4. The third kappa shape index (κ3) is 3.85. The van der Waals surface area contributed by atoms with Crippen LogP contribution in [-0.2, 0) is 15.5 Å². The van der Waals surface area contributed by atoms with Gasteiger partial charge in [-0.25, -0.2) is 0 Å². The molecule has 3 nitrogen and oxygen atoms in total. The molecule has 4 atom stereocenters. The molecule has 1 aliphatic heterocycles. The van der Waals surface area contributed by atoms with E-state index in [0.717, 1.165) is 19.6 Å². The molecule has 0 aliphatic carbocycles. The summed E-state index contributed by atoms with van der Waals surface area (Å²) in [6.07, 6.45) is 1.02. The second-order valence-electron chi connectivity index (χ2n) is 4.78. The number of rotatable bonds is 5. The van der Waals surface area contributed by atoms with Crippen LogP contribution in [0.4, 0.5) is 0 Å². The van der Waals surface area contributed by atoms with Gasteiger partial charge in [-0.05, 0) is 12.3 Å². The van der Waals surface area contributed by atoms with Gasteiger partial charge in [-0.2, -0.15) is 0 Å². The zero-order valence-corrected chi connectivity index (χ0v) is 10.8. The van der Waals surface area contributed by atoms with Crippen LogP contribution in [0.5, 0.6) is 0 Å². The van der Waals surface area contributed by atoms with Crippen LogP contribution >= 0.6 is 0 Å². The van der Waals surface area contributed by atoms with Crippen molar-refractivity contribution in [3.05, 3.63) is 0 Å². The molecule has 0 amide bonds. The van der Waals surface area contributed by atoms with Crippen molar-refractivity contribution in [2.75, 3.05) is 19.0 Å². The quantitative estimate of drug-likeness (QED) is 0.775. The van der Waals surface area contributed by atoms with E-state index in [2.05, 4.69) is 13.8 Å². The molecule has 0 aromatic carbocycles. The summed E-state index contributed by atoms with van der Waals surface area (Å²) in [6, 6.07) is 0.0366. The number of ether oxygens (including phenoxy) is 1. The van der Waals surface area contributed by atoms with Crippen LogP contribution in [0.3, 0.4) is 0 Å². The molecule has 15 heavy (non-hydrogen) atoms. The summed E-state index contributed by atoms with van der Waals surface area (Å²) in [5, 5.41) is 0.235. The van der Waals surface area contributed by atoms with Crippen molar-refractivity contribution in [2.45, 2.75) is 38.5 Å². The second-order valence-corrected chi connectivity index (χ2v) is 6.62. The zero-order valence-electron chi connectivity index (χ0n) is 9.94. The van der Waals surface area contributed by atoms with Gasteiger partial charge in [-0.15, -0.1) is 0 Å². The average Bonchev–Trinajstić information content (AvgIpc) is 2.68.